The molecule has 21 heavy (non-hydrogen) atoms. The molecule has 0 spiro atoms. The van der Waals surface area contributed by atoms with E-state index in [1.165, 1.54) is 41.8 Å². The molecule has 0 amide bonds. The predicted molar refractivity (Wildman–Crippen MR) is 76.2 cm³/mol. The fraction of sp³-hybridized carbons (Fsp3) is 0.0769. The van der Waals surface area contributed by atoms with Crippen LogP contribution in [0.3, 0.4) is 0 Å². The molecule has 0 aromatic heterocycles. The molecule has 0 fully saturated rings. The van der Waals surface area contributed by atoms with Crippen LogP contribution >= 0.6 is 0 Å². The van der Waals surface area contributed by atoms with Gasteiger partial charge in [-0.15, -0.1) is 0 Å². The molecular weight excluding hydrogens is 294 g/mol. The molecule has 0 saturated heterocycles. The molecule has 2 aromatic rings. The first kappa shape index (κ1) is 15.1. The van der Waals surface area contributed by atoms with Gasteiger partial charge in [-0.3, -0.25) is 10.1 Å². The number of rotatable bonds is 5. The van der Waals surface area contributed by atoms with E-state index >= 15 is 0 Å². The van der Waals surface area contributed by atoms with E-state index in [2.05, 4.69) is 4.83 Å². The average Bonchev–Trinajstić information content (AvgIpc) is 2.46. The smallest absolute Gasteiger partial charge is 0.258 e. The highest BCUT2D eigenvalue weighted by molar-refractivity contribution is 7.89. The molecule has 0 atom stereocenters. The topological polar surface area (TPSA) is 106 Å². The SMILES string of the molecule is Cc1ccc(S(=O)(=O)N[NH2+]c2ccc([N+](=O)[O-])cc2)cc1. The Morgan fingerprint density at radius 3 is 2.14 bits per heavy atom. The van der Waals surface area contributed by atoms with Gasteiger partial charge < -0.3 is 0 Å². The van der Waals surface area contributed by atoms with Gasteiger partial charge in [-0.25, -0.2) is 13.8 Å². The largest absolute Gasteiger partial charge is 0.282 e. The van der Waals surface area contributed by atoms with Crippen LogP contribution in [0.1, 0.15) is 5.56 Å². The number of aryl methyl sites for hydroxylation is 1. The fourth-order valence-electron chi connectivity index (χ4n) is 1.62. The maximum absolute atomic E-state index is 12.0. The third kappa shape index (κ3) is 3.85. The summed E-state index contributed by atoms with van der Waals surface area (Å²) in [4.78, 5) is 12.5. The molecule has 0 aliphatic heterocycles. The number of nitro groups is 1. The van der Waals surface area contributed by atoms with E-state index < -0.39 is 14.9 Å². The van der Waals surface area contributed by atoms with Crippen molar-refractivity contribution in [2.45, 2.75) is 11.8 Å². The molecule has 110 valence electrons. The summed E-state index contributed by atoms with van der Waals surface area (Å²) in [6, 6.07) is 12.0. The first-order valence-corrected chi connectivity index (χ1v) is 7.53. The lowest BCUT2D eigenvalue weighted by Gasteiger charge is -2.05. The molecule has 3 N–H and O–H groups in total. The molecular formula is C13H14N3O4S+. The van der Waals surface area contributed by atoms with Crippen molar-refractivity contribution in [1.29, 1.82) is 0 Å². The van der Waals surface area contributed by atoms with Crippen LogP contribution < -0.4 is 10.3 Å². The number of hydrogen-bond donors (Lipinski definition) is 2. The summed E-state index contributed by atoms with van der Waals surface area (Å²) in [7, 11) is -3.64. The van der Waals surface area contributed by atoms with Gasteiger partial charge in [0.2, 0.25) is 0 Å². The van der Waals surface area contributed by atoms with E-state index in [4.69, 9.17) is 0 Å². The monoisotopic (exact) mass is 308 g/mol. The first-order valence-electron chi connectivity index (χ1n) is 6.05. The van der Waals surface area contributed by atoms with Gasteiger partial charge in [-0.05, 0) is 19.1 Å². The number of nitrogens with one attached hydrogen (secondary N) is 1. The zero-order valence-corrected chi connectivity index (χ0v) is 12.0. The van der Waals surface area contributed by atoms with Gasteiger partial charge in [0.1, 0.15) is 5.69 Å². The second-order valence-corrected chi connectivity index (χ2v) is 6.14. The van der Waals surface area contributed by atoms with Gasteiger partial charge >= 0.3 is 0 Å². The van der Waals surface area contributed by atoms with Crippen molar-refractivity contribution in [2.24, 2.45) is 0 Å². The van der Waals surface area contributed by atoms with Crippen LogP contribution in [0.2, 0.25) is 0 Å². The van der Waals surface area contributed by atoms with Gasteiger partial charge in [0.05, 0.1) is 9.82 Å². The quantitative estimate of drug-likeness (QED) is 0.372. The number of benzene rings is 2. The fourth-order valence-corrected chi connectivity index (χ4v) is 2.55. The molecule has 0 bridgehead atoms. The third-order valence-electron chi connectivity index (χ3n) is 2.82. The number of nitro benzene ring substituents is 1. The molecule has 0 aliphatic carbocycles. The predicted octanol–water partition coefficient (Wildman–Crippen LogP) is 0.992. The lowest BCUT2D eigenvalue weighted by molar-refractivity contribution is -0.610. The van der Waals surface area contributed by atoms with Crippen molar-refractivity contribution in [1.82, 2.24) is 4.83 Å². The number of sulfonamides is 1. The van der Waals surface area contributed by atoms with E-state index in [9.17, 15) is 18.5 Å². The Labute approximate surface area is 121 Å². The number of nitrogens with zero attached hydrogens (tertiary/aromatic N) is 1. The normalized spacial score (nSPS) is 11.3. The van der Waals surface area contributed by atoms with Gasteiger partial charge in [-0.1, -0.05) is 22.5 Å². The zero-order valence-electron chi connectivity index (χ0n) is 11.2. The van der Waals surface area contributed by atoms with Crippen LogP contribution in [0, 0.1) is 17.0 Å². The molecule has 0 aliphatic rings. The van der Waals surface area contributed by atoms with Crippen LogP contribution in [-0.4, -0.2) is 13.3 Å². The van der Waals surface area contributed by atoms with Crippen molar-refractivity contribution < 1.29 is 18.8 Å². The Kier molecular flexibility index (Phi) is 4.32. The molecule has 0 saturated carbocycles. The Morgan fingerprint density at radius 1 is 1.05 bits per heavy atom. The minimum Gasteiger partial charge on any atom is -0.258 e. The Bertz CT molecular complexity index is 740. The van der Waals surface area contributed by atoms with Gasteiger partial charge in [-0.2, -0.15) is 0 Å². The highest BCUT2D eigenvalue weighted by Gasteiger charge is 2.16. The number of quaternary nitrogens is 1. The summed E-state index contributed by atoms with van der Waals surface area (Å²) in [5.41, 5.74) is 2.73. The van der Waals surface area contributed by atoms with Crippen molar-refractivity contribution in [3.05, 3.63) is 64.2 Å². The average molecular weight is 308 g/mol. The van der Waals surface area contributed by atoms with E-state index in [1.807, 2.05) is 6.92 Å². The summed E-state index contributed by atoms with van der Waals surface area (Å²) in [6.45, 7) is 1.87. The lowest BCUT2D eigenvalue weighted by Crippen LogP contribution is -2.89. The molecule has 0 radical (unpaired) electrons. The lowest BCUT2D eigenvalue weighted by atomic mass is 10.2. The summed E-state index contributed by atoms with van der Waals surface area (Å²) in [5.74, 6) is 0. The summed E-state index contributed by atoms with van der Waals surface area (Å²) >= 11 is 0. The van der Waals surface area contributed by atoms with Gasteiger partial charge in [0.25, 0.3) is 15.7 Å². The molecule has 2 rings (SSSR count). The Hall–Kier alpha value is -2.29. The number of nitrogens with two attached hydrogens (primary N) is 1. The van der Waals surface area contributed by atoms with Crippen LogP contribution in [0.5, 0.6) is 0 Å². The standard InChI is InChI=1S/C13H13N3O4S/c1-10-2-8-13(9-3-10)21(19,20)15-14-11-4-6-12(7-5-11)16(17)18/h2-9,14-15H,1H3/p+1. The summed E-state index contributed by atoms with van der Waals surface area (Å²) < 4.78 is 24.1. The third-order valence-corrected chi connectivity index (χ3v) is 4.14. The van der Waals surface area contributed by atoms with E-state index in [0.29, 0.717) is 5.69 Å². The van der Waals surface area contributed by atoms with E-state index in [1.54, 1.807) is 12.1 Å². The summed E-state index contributed by atoms with van der Waals surface area (Å²) in [6.07, 6.45) is 0. The van der Waals surface area contributed by atoms with Crippen LogP contribution in [0.4, 0.5) is 11.4 Å². The second kappa shape index (κ2) is 6.00. The van der Waals surface area contributed by atoms with Gasteiger partial charge in [0, 0.05) is 24.3 Å². The Balaban J connectivity index is 2.08. The molecule has 8 heteroatoms. The van der Waals surface area contributed by atoms with Crippen molar-refractivity contribution >= 4 is 21.4 Å². The minimum atomic E-state index is -3.64. The van der Waals surface area contributed by atoms with Crippen LogP contribution in [-0.2, 0) is 10.0 Å². The van der Waals surface area contributed by atoms with Crippen molar-refractivity contribution in [3.8, 4) is 0 Å². The zero-order chi connectivity index (χ0) is 15.5. The van der Waals surface area contributed by atoms with E-state index in [0.717, 1.165) is 5.56 Å². The van der Waals surface area contributed by atoms with Crippen LogP contribution in [0.15, 0.2) is 53.4 Å². The maximum atomic E-state index is 12.0. The highest BCUT2D eigenvalue weighted by Crippen LogP contribution is 2.12. The molecule has 2 aromatic carbocycles. The van der Waals surface area contributed by atoms with Crippen molar-refractivity contribution in [2.75, 3.05) is 0 Å². The number of hydrogen-bond acceptors (Lipinski definition) is 4. The first-order chi connectivity index (χ1) is 9.88. The van der Waals surface area contributed by atoms with Crippen molar-refractivity contribution in [3.63, 3.8) is 0 Å². The molecule has 0 unspecified atom stereocenters. The molecule has 0 heterocycles. The maximum Gasteiger partial charge on any atom is 0.282 e. The van der Waals surface area contributed by atoms with Crippen LogP contribution in [0.25, 0.3) is 0 Å². The van der Waals surface area contributed by atoms with Gasteiger partial charge in [0.15, 0.2) is 0 Å². The number of non-ortho nitro benzene ring substituents is 1. The molecule has 7 nitrogen and oxygen atoms in total. The van der Waals surface area contributed by atoms with E-state index in [-0.39, 0.29) is 10.6 Å². The minimum absolute atomic E-state index is 0.0476. The highest BCUT2D eigenvalue weighted by atomic mass is 32.2. The second-order valence-electron chi connectivity index (χ2n) is 4.43. The summed E-state index contributed by atoms with van der Waals surface area (Å²) in [5, 5.41) is 10.5. The Morgan fingerprint density at radius 2 is 1.62 bits per heavy atom.